The molecule has 0 aliphatic carbocycles. The summed E-state index contributed by atoms with van der Waals surface area (Å²) in [5.74, 6) is 1.04. The third-order valence-electron chi connectivity index (χ3n) is 7.06. The summed E-state index contributed by atoms with van der Waals surface area (Å²) in [6.07, 6.45) is 9.81. The topological polar surface area (TPSA) is 80.3 Å². The third-order valence-corrected chi connectivity index (χ3v) is 7.38. The number of hydrogen-bond donors (Lipinski definition) is 0. The summed E-state index contributed by atoms with van der Waals surface area (Å²) >= 11 is 6.45. The first-order valence-corrected chi connectivity index (χ1v) is 13.2. The first kappa shape index (κ1) is 24.0. The van der Waals surface area contributed by atoms with Crippen LogP contribution in [0.1, 0.15) is 86.8 Å². The van der Waals surface area contributed by atoms with Crippen molar-refractivity contribution in [2.75, 3.05) is 19.6 Å². The van der Waals surface area contributed by atoms with Crippen molar-refractivity contribution in [3.8, 4) is 17.2 Å². The minimum Gasteiger partial charge on any atom is -0.337 e. The molecule has 3 aromatic rings. The van der Waals surface area contributed by atoms with Gasteiger partial charge in [-0.05, 0) is 44.5 Å². The van der Waals surface area contributed by atoms with Crippen LogP contribution in [-0.4, -0.2) is 55.0 Å². The number of aromatic nitrogens is 4. The molecule has 0 N–H and O–H groups in total. The first-order valence-electron chi connectivity index (χ1n) is 12.8. The van der Waals surface area contributed by atoms with Crippen LogP contribution in [0.25, 0.3) is 17.2 Å². The van der Waals surface area contributed by atoms with E-state index in [-0.39, 0.29) is 11.9 Å². The fourth-order valence-electron chi connectivity index (χ4n) is 5.07. The highest BCUT2D eigenvalue weighted by molar-refractivity contribution is 6.34. The number of unbranched alkanes of at least 4 members (excludes halogenated alkanes) is 4. The Morgan fingerprint density at radius 2 is 1.91 bits per heavy atom. The fraction of sp³-hybridized carbons (Fsp3) is 0.538. The number of hydrogen-bond acceptors (Lipinski definition) is 6. The maximum absolute atomic E-state index is 13.2. The largest absolute Gasteiger partial charge is 0.337 e. The smallest absolute Gasteiger partial charge is 0.258 e. The highest BCUT2D eigenvalue weighted by atomic mass is 35.5. The average Bonchev–Trinajstić information content (AvgIpc) is 3.44. The van der Waals surface area contributed by atoms with Gasteiger partial charge in [0.2, 0.25) is 11.7 Å². The van der Waals surface area contributed by atoms with Gasteiger partial charge in [0.1, 0.15) is 12.0 Å². The molecule has 35 heavy (non-hydrogen) atoms. The lowest BCUT2D eigenvalue weighted by molar-refractivity contribution is 0.0461. The van der Waals surface area contributed by atoms with Crippen LogP contribution < -0.4 is 0 Å². The monoisotopic (exact) mass is 496 g/mol. The highest BCUT2D eigenvalue weighted by Gasteiger charge is 2.43. The molecule has 8 nitrogen and oxygen atoms in total. The lowest BCUT2D eigenvalue weighted by Gasteiger charge is -2.39. The predicted molar refractivity (Wildman–Crippen MR) is 135 cm³/mol. The van der Waals surface area contributed by atoms with E-state index < -0.39 is 0 Å². The van der Waals surface area contributed by atoms with E-state index in [4.69, 9.17) is 21.1 Å². The second-order valence-corrected chi connectivity index (χ2v) is 9.89. The van der Waals surface area contributed by atoms with E-state index in [1.54, 1.807) is 12.4 Å². The van der Waals surface area contributed by atoms with E-state index in [0.717, 1.165) is 30.9 Å². The fourth-order valence-corrected chi connectivity index (χ4v) is 5.32. The number of nitrogens with zero attached hydrogens (tertiary/aromatic N) is 6. The summed E-state index contributed by atoms with van der Waals surface area (Å²) in [6, 6.07) is 5.45. The Labute approximate surface area is 211 Å². The summed E-state index contributed by atoms with van der Waals surface area (Å²) in [5.41, 5.74) is 2.84. The van der Waals surface area contributed by atoms with Crippen LogP contribution in [0.4, 0.5) is 0 Å². The van der Waals surface area contributed by atoms with E-state index in [2.05, 4.69) is 28.9 Å². The molecule has 0 saturated carbocycles. The third kappa shape index (κ3) is 4.61. The van der Waals surface area contributed by atoms with Crippen LogP contribution in [0.15, 0.2) is 29.0 Å². The maximum atomic E-state index is 13.2. The molecule has 2 aliphatic rings. The van der Waals surface area contributed by atoms with E-state index in [0.29, 0.717) is 41.1 Å². The van der Waals surface area contributed by atoms with Crippen LogP contribution in [0, 0.1) is 0 Å². The molecule has 1 amide bonds. The number of carbonyl (C=O) groups excluding carboxylic acids is 1. The second kappa shape index (κ2) is 10.5. The molecule has 1 aromatic carbocycles. The lowest BCUT2D eigenvalue weighted by Crippen LogP contribution is -2.44. The van der Waals surface area contributed by atoms with Gasteiger partial charge in [0.15, 0.2) is 0 Å². The van der Waals surface area contributed by atoms with Gasteiger partial charge in [-0.15, -0.1) is 0 Å². The molecule has 0 unspecified atom stereocenters. The van der Waals surface area contributed by atoms with Crippen LogP contribution in [-0.2, 0) is 6.54 Å². The van der Waals surface area contributed by atoms with Gasteiger partial charge in [0, 0.05) is 6.54 Å². The summed E-state index contributed by atoms with van der Waals surface area (Å²) < 4.78 is 7.66. The Morgan fingerprint density at radius 1 is 1.14 bits per heavy atom. The van der Waals surface area contributed by atoms with E-state index in [1.807, 2.05) is 21.6 Å². The minimum absolute atomic E-state index is 0.0416. The summed E-state index contributed by atoms with van der Waals surface area (Å²) in [6.45, 7) is 7.85. The summed E-state index contributed by atoms with van der Waals surface area (Å²) in [4.78, 5) is 26.9. The molecule has 1 saturated heterocycles. The zero-order valence-electron chi connectivity index (χ0n) is 20.5. The minimum atomic E-state index is -0.0787. The standard InChI is InChI=1S/C26H33ClN6O2/c1-3-5-7-13-31(14-8-6-4-2)16-21-29-25(30-35-21)23-24-20-12-15-32(20)26(34)22-18(27)10-9-11-19(22)33(24)17-28-23/h9-11,17,20H,3-8,12-16H2,1-2H3/t20-/m0/s1. The van der Waals surface area contributed by atoms with Crippen molar-refractivity contribution < 1.29 is 9.32 Å². The van der Waals surface area contributed by atoms with Gasteiger partial charge in [-0.3, -0.25) is 14.3 Å². The Morgan fingerprint density at radius 3 is 2.60 bits per heavy atom. The number of benzene rings is 1. The van der Waals surface area contributed by atoms with Crippen LogP contribution in [0.3, 0.4) is 0 Å². The number of rotatable bonds is 11. The van der Waals surface area contributed by atoms with Crippen molar-refractivity contribution in [2.45, 2.75) is 71.4 Å². The zero-order chi connectivity index (χ0) is 24.4. The van der Waals surface area contributed by atoms with Gasteiger partial charge in [-0.2, -0.15) is 4.98 Å². The summed E-state index contributed by atoms with van der Waals surface area (Å²) in [5, 5.41) is 4.75. The number of carbonyl (C=O) groups is 1. The highest BCUT2D eigenvalue weighted by Crippen LogP contribution is 2.44. The molecular formula is C26H33ClN6O2. The van der Waals surface area contributed by atoms with Crippen molar-refractivity contribution >= 4 is 17.5 Å². The molecule has 2 aromatic heterocycles. The predicted octanol–water partition coefficient (Wildman–Crippen LogP) is 5.66. The molecule has 186 valence electrons. The zero-order valence-corrected chi connectivity index (χ0v) is 21.3. The van der Waals surface area contributed by atoms with Crippen LogP contribution in [0.5, 0.6) is 0 Å². The van der Waals surface area contributed by atoms with Crippen molar-refractivity contribution in [2.24, 2.45) is 0 Å². The molecule has 1 atom stereocenters. The van der Waals surface area contributed by atoms with E-state index in [1.165, 1.54) is 38.5 Å². The van der Waals surface area contributed by atoms with Gasteiger partial charge in [-0.25, -0.2) is 4.98 Å². The van der Waals surface area contributed by atoms with Gasteiger partial charge < -0.3 is 9.42 Å². The molecule has 0 spiro atoms. The number of imidazole rings is 1. The number of halogens is 1. The van der Waals surface area contributed by atoms with Crippen LogP contribution >= 0.6 is 11.6 Å². The normalized spacial score (nSPS) is 16.6. The molecule has 5 rings (SSSR count). The van der Waals surface area contributed by atoms with Crippen molar-refractivity contribution in [1.29, 1.82) is 0 Å². The van der Waals surface area contributed by atoms with Crippen molar-refractivity contribution in [3.63, 3.8) is 0 Å². The Bertz CT molecular complexity index is 1180. The second-order valence-electron chi connectivity index (χ2n) is 9.49. The Balaban J connectivity index is 1.42. The van der Waals surface area contributed by atoms with Crippen molar-refractivity contribution in [3.05, 3.63) is 46.7 Å². The molecule has 0 bridgehead atoms. The lowest BCUT2D eigenvalue weighted by atomic mass is 9.97. The SMILES string of the molecule is CCCCCN(CCCCC)Cc1nc(-c2ncn3c2[C@@H]2CCN2C(=O)c2c(Cl)cccc2-3)no1. The Kier molecular flexibility index (Phi) is 7.20. The number of fused-ring (bicyclic) bond motifs is 5. The molecular weight excluding hydrogens is 464 g/mol. The maximum Gasteiger partial charge on any atom is 0.258 e. The number of amides is 1. The van der Waals surface area contributed by atoms with E-state index in [9.17, 15) is 4.79 Å². The van der Waals surface area contributed by atoms with Gasteiger partial charge in [0.25, 0.3) is 5.91 Å². The van der Waals surface area contributed by atoms with Crippen molar-refractivity contribution in [1.82, 2.24) is 29.5 Å². The Hall–Kier alpha value is -2.71. The van der Waals surface area contributed by atoms with Gasteiger partial charge in [-0.1, -0.05) is 62.4 Å². The van der Waals surface area contributed by atoms with E-state index >= 15 is 0 Å². The van der Waals surface area contributed by atoms with Gasteiger partial charge in [0.05, 0.1) is 34.6 Å². The molecule has 2 aliphatic heterocycles. The molecule has 9 heteroatoms. The molecule has 0 radical (unpaired) electrons. The van der Waals surface area contributed by atoms with Gasteiger partial charge >= 0.3 is 0 Å². The molecule has 4 heterocycles. The quantitative estimate of drug-likeness (QED) is 0.319. The average molecular weight is 497 g/mol. The van der Waals surface area contributed by atoms with Crippen LogP contribution in [0.2, 0.25) is 5.02 Å². The summed E-state index contributed by atoms with van der Waals surface area (Å²) in [7, 11) is 0. The first-order chi connectivity index (χ1) is 17.1. The molecule has 1 fully saturated rings.